The number of hydrogen-bond acceptors (Lipinski definition) is 2. The molecular formula is C7H14O3. The van der Waals surface area contributed by atoms with Crippen LogP contribution in [0.15, 0.2) is 0 Å². The standard InChI is InChI=1S/C7H14O3/c1-3-6(4-2)5-10-7(8)9/h6H,3-5H2,1-2H3,(H,8,9). The topological polar surface area (TPSA) is 46.5 Å². The van der Waals surface area contributed by atoms with Gasteiger partial charge in [-0.1, -0.05) is 26.7 Å². The normalized spacial score (nSPS) is 9.90. The van der Waals surface area contributed by atoms with Crippen LogP contribution in [0.4, 0.5) is 4.79 Å². The molecule has 0 aliphatic carbocycles. The van der Waals surface area contributed by atoms with Crippen LogP contribution in [0.5, 0.6) is 0 Å². The molecule has 0 aliphatic rings. The van der Waals surface area contributed by atoms with Crippen LogP contribution in [0.3, 0.4) is 0 Å². The van der Waals surface area contributed by atoms with E-state index in [0.717, 1.165) is 12.8 Å². The minimum Gasteiger partial charge on any atom is -0.450 e. The zero-order valence-corrected chi connectivity index (χ0v) is 6.46. The van der Waals surface area contributed by atoms with Crippen molar-refractivity contribution in [2.24, 2.45) is 5.92 Å². The summed E-state index contributed by atoms with van der Waals surface area (Å²) in [5, 5.41) is 8.13. The molecule has 0 amide bonds. The minimum atomic E-state index is -1.17. The van der Waals surface area contributed by atoms with Gasteiger partial charge in [0.05, 0.1) is 6.61 Å². The third kappa shape index (κ3) is 4.18. The number of carboxylic acid groups (broad SMARTS) is 1. The van der Waals surface area contributed by atoms with Crippen LogP contribution in [-0.4, -0.2) is 17.9 Å². The summed E-state index contributed by atoms with van der Waals surface area (Å²) < 4.78 is 4.40. The summed E-state index contributed by atoms with van der Waals surface area (Å²) in [5.41, 5.74) is 0. The fraction of sp³-hybridized carbons (Fsp3) is 0.857. The molecule has 0 unspecified atom stereocenters. The van der Waals surface area contributed by atoms with E-state index in [-0.39, 0.29) is 0 Å². The van der Waals surface area contributed by atoms with Crippen molar-refractivity contribution in [1.29, 1.82) is 0 Å². The highest BCUT2D eigenvalue weighted by atomic mass is 16.7. The third-order valence-corrected chi connectivity index (χ3v) is 1.60. The SMILES string of the molecule is CCC(CC)COC(=O)O. The summed E-state index contributed by atoms with van der Waals surface area (Å²) in [7, 11) is 0. The average molecular weight is 146 g/mol. The molecule has 0 bridgehead atoms. The maximum absolute atomic E-state index is 9.91. The monoisotopic (exact) mass is 146 g/mol. The molecule has 0 atom stereocenters. The largest absolute Gasteiger partial charge is 0.505 e. The molecule has 0 aromatic carbocycles. The molecule has 0 heterocycles. The van der Waals surface area contributed by atoms with E-state index in [1.807, 2.05) is 13.8 Å². The summed E-state index contributed by atoms with van der Waals surface area (Å²) in [5.74, 6) is 0.385. The van der Waals surface area contributed by atoms with Crippen molar-refractivity contribution in [3.63, 3.8) is 0 Å². The molecule has 3 heteroatoms. The Labute approximate surface area is 61.0 Å². The van der Waals surface area contributed by atoms with Crippen LogP contribution in [0.25, 0.3) is 0 Å². The number of carbonyl (C=O) groups is 1. The molecule has 0 saturated heterocycles. The van der Waals surface area contributed by atoms with Gasteiger partial charge in [0.2, 0.25) is 0 Å². The van der Waals surface area contributed by atoms with Crippen molar-refractivity contribution in [3.05, 3.63) is 0 Å². The molecule has 0 aromatic rings. The van der Waals surface area contributed by atoms with E-state index in [1.54, 1.807) is 0 Å². The molecule has 0 saturated carbocycles. The molecule has 1 N–H and O–H groups in total. The van der Waals surface area contributed by atoms with Gasteiger partial charge in [0.1, 0.15) is 0 Å². The van der Waals surface area contributed by atoms with Gasteiger partial charge < -0.3 is 9.84 Å². The van der Waals surface area contributed by atoms with Gasteiger partial charge in [-0.15, -0.1) is 0 Å². The predicted molar refractivity (Wildman–Crippen MR) is 38.0 cm³/mol. The smallest absolute Gasteiger partial charge is 0.450 e. The van der Waals surface area contributed by atoms with Crippen molar-refractivity contribution in [2.45, 2.75) is 26.7 Å². The van der Waals surface area contributed by atoms with Gasteiger partial charge in [-0.25, -0.2) is 4.79 Å². The predicted octanol–water partition coefficient (Wildman–Crippen LogP) is 2.12. The fourth-order valence-electron chi connectivity index (χ4n) is 0.714. The van der Waals surface area contributed by atoms with Crippen LogP contribution in [0.1, 0.15) is 26.7 Å². The lowest BCUT2D eigenvalue weighted by molar-refractivity contribution is 0.0756. The lowest BCUT2D eigenvalue weighted by Gasteiger charge is -2.09. The Morgan fingerprint density at radius 2 is 2.00 bits per heavy atom. The maximum atomic E-state index is 9.91. The first-order valence-electron chi connectivity index (χ1n) is 3.56. The zero-order chi connectivity index (χ0) is 7.98. The van der Waals surface area contributed by atoms with Gasteiger partial charge in [0.25, 0.3) is 0 Å². The summed E-state index contributed by atoms with van der Waals surface area (Å²) in [4.78, 5) is 9.91. The highest BCUT2D eigenvalue weighted by Gasteiger charge is 2.05. The van der Waals surface area contributed by atoms with Crippen molar-refractivity contribution >= 4 is 6.16 Å². The summed E-state index contributed by atoms with van der Waals surface area (Å²) in [6, 6.07) is 0. The second kappa shape index (κ2) is 5.09. The third-order valence-electron chi connectivity index (χ3n) is 1.60. The summed E-state index contributed by atoms with van der Waals surface area (Å²) in [6.45, 7) is 4.39. The van der Waals surface area contributed by atoms with E-state index < -0.39 is 6.16 Å². The first-order chi connectivity index (χ1) is 4.70. The van der Waals surface area contributed by atoms with Gasteiger partial charge in [-0.2, -0.15) is 0 Å². The van der Waals surface area contributed by atoms with Crippen LogP contribution >= 0.6 is 0 Å². The molecule has 0 fully saturated rings. The van der Waals surface area contributed by atoms with Gasteiger partial charge in [-0.05, 0) is 5.92 Å². The molecule has 0 spiro atoms. The summed E-state index contributed by atoms with van der Waals surface area (Å²) >= 11 is 0. The fourth-order valence-corrected chi connectivity index (χ4v) is 0.714. The Morgan fingerprint density at radius 3 is 2.30 bits per heavy atom. The van der Waals surface area contributed by atoms with Crippen LogP contribution < -0.4 is 0 Å². The first-order valence-corrected chi connectivity index (χ1v) is 3.56. The molecule has 0 radical (unpaired) electrons. The van der Waals surface area contributed by atoms with Crippen LogP contribution in [-0.2, 0) is 4.74 Å². The van der Waals surface area contributed by atoms with E-state index in [4.69, 9.17) is 5.11 Å². The van der Waals surface area contributed by atoms with Crippen molar-refractivity contribution in [3.8, 4) is 0 Å². The minimum absolute atomic E-state index is 0.336. The highest BCUT2D eigenvalue weighted by Crippen LogP contribution is 2.06. The Kier molecular flexibility index (Phi) is 4.72. The Balaban J connectivity index is 3.34. The molecular weight excluding hydrogens is 132 g/mol. The molecule has 0 rings (SSSR count). The molecule has 0 aromatic heterocycles. The van der Waals surface area contributed by atoms with Crippen molar-refractivity contribution in [1.82, 2.24) is 0 Å². The lowest BCUT2D eigenvalue weighted by Crippen LogP contribution is -2.10. The van der Waals surface area contributed by atoms with E-state index in [1.165, 1.54) is 0 Å². The zero-order valence-electron chi connectivity index (χ0n) is 6.46. The lowest BCUT2D eigenvalue weighted by atomic mass is 10.1. The summed E-state index contributed by atoms with van der Waals surface area (Å²) in [6.07, 6.45) is 0.778. The quantitative estimate of drug-likeness (QED) is 0.618. The molecule has 60 valence electrons. The van der Waals surface area contributed by atoms with Gasteiger partial charge in [0, 0.05) is 0 Å². The van der Waals surface area contributed by atoms with Crippen molar-refractivity contribution in [2.75, 3.05) is 6.61 Å². The Bertz CT molecular complexity index is 97.0. The van der Waals surface area contributed by atoms with Crippen LogP contribution in [0.2, 0.25) is 0 Å². The van der Waals surface area contributed by atoms with Crippen LogP contribution in [0, 0.1) is 5.92 Å². The molecule has 3 nitrogen and oxygen atoms in total. The second-order valence-corrected chi connectivity index (χ2v) is 2.26. The number of ether oxygens (including phenoxy) is 1. The Hall–Kier alpha value is -0.730. The Morgan fingerprint density at radius 1 is 1.50 bits per heavy atom. The average Bonchev–Trinajstić information content (AvgIpc) is 1.90. The molecule has 0 aliphatic heterocycles. The van der Waals surface area contributed by atoms with Gasteiger partial charge in [-0.3, -0.25) is 0 Å². The maximum Gasteiger partial charge on any atom is 0.505 e. The number of hydrogen-bond donors (Lipinski definition) is 1. The van der Waals surface area contributed by atoms with Gasteiger partial charge in [0.15, 0.2) is 0 Å². The number of rotatable bonds is 4. The van der Waals surface area contributed by atoms with Crippen molar-refractivity contribution < 1.29 is 14.6 Å². The van der Waals surface area contributed by atoms with E-state index in [9.17, 15) is 4.79 Å². The first kappa shape index (κ1) is 9.27. The van der Waals surface area contributed by atoms with Gasteiger partial charge >= 0.3 is 6.16 Å². The second-order valence-electron chi connectivity index (χ2n) is 2.26. The molecule has 10 heavy (non-hydrogen) atoms. The highest BCUT2D eigenvalue weighted by molar-refractivity contribution is 5.56. The van der Waals surface area contributed by atoms with E-state index >= 15 is 0 Å². The van der Waals surface area contributed by atoms with E-state index in [0.29, 0.717) is 12.5 Å². The van der Waals surface area contributed by atoms with E-state index in [2.05, 4.69) is 4.74 Å².